The van der Waals surface area contributed by atoms with Crippen molar-refractivity contribution in [3.8, 4) is 11.5 Å². The lowest BCUT2D eigenvalue weighted by Crippen LogP contribution is -2.32. The number of nitrogens with one attached hydrogen (secondary N) is 1. The van der Waals surface area contributed by atoms with Crippen LogP contribution in [0, 0.1) is 0 Å². The lowest BCUT2D eigenvalue weighted by molar-refractivity contribution is 0.0955. The molecule has 0 saturated carbocycles. The fourth-order valence-electron chi connectivity index (χ4n) is 2.05. The van der Waals surface area contributed by atoms with Gasteiger partial charge in [-0.25, -0.2) is 0 Å². The van der Waals surface area contributed by atoms with Crippen LogP contribution in [0.4, 0.5) is 0 Å². The van der Waals surface area contributed by atoms with Gasteiger partial charge in [-0.15, -0.1) is 0 Å². The van der Waals surface area contributed by atoms with Gasteiger partial charge in [0.2, 0.25) is 0 Å². The summed E-state index contributed by atoms with van der Waals surface area (Å²) in [6.45, 7) is 0. The number of benzene rings is 2. The van der Waals surface area contributed by atoms with Gasteiger partial charge in [-0.3, -0.25) is 9.88 Å². The van der Waals surface area contributed by atoms with Gasteiger partial charge in [-0.1, -0.05) is 21.5 Å². The number of aromatic hydroxyl groups is 1. The Hall–Kier alpha value is -1.90. The van der Waals surface area contributed by atoms with Gasteiger partial charge in [0.05, 0.1) is 13.2 Å². The number of ketones is 1. The van der Waals surface area contributed by atoms with E-state index >= 15 is 0 Å². The molecule has 0 spiro atoms. The number of Topliss-reactive ketones (excluding diaryl/α,β-unsaturated/α-hetero) is 1. The van der Waals surface area contributed by atoms with E-state index in [4.69, 9.17) is 4.74 Å². The number of rotatable bonds is 6. The molecule has 0 bridgehead atoms. The summed E-state index contributed by atoms with van der Waals surface area (Å²) in [5, 5.41) is 12.3. The summed E-state index contributed by atoms with van der Waals surface area (Å²) in [7, 11) is 3.98. The molecule has 110 valence electrons. The minimum absolute atomic E-state index is 0.0146. The number of ether oxygens (including phenoxy) is 1. The summed E-state index contributed by atoms with van der Waals surface area (Å²) < 4.78 is 5.09. The first-order chi connectivity index (χ1) is 10.1. The Bertz CT molecular complexity index is 596. The molecule has 2 rings (SSSR count). The van der Waals surface area contributed by atoms with E-state index in [-0.39, 0.29) is 17.6 Å². The molecule has 0 amide bonds. The van der Waals surface area contributed by atoms with Gasteiger partial charge < -0.3 is 9.84 Å². The van der Waals surface area contributed by atoms with Crippen molar-refractivity contribution >= 4 is 15.2 Å². The normalized spacial score (nSPS) is 11.9. The van der Waals surface area contributed by atoms with E-state index in [1.165, 1.54) is 0 Å². The van der Waals surface area contributed by atoms with Crippen LogP contribution in [-0.4, -0.2) is 24.0 Å². The number of methoxy groups -OCH3 is 1. The standard InChI is InChI=1S/C16H18NO3P/c1-20-14-8-4-12(5-9-14)16(19)15(17-21)10-11-2-6-13(18)7-3-11/h2-9,15,17-18H,10,21H2,1H3/t15-/m0/s1. The van der Waals surface area contributed by atoms with E-state index in [0.29, 0.717) is 12.0 Å². The van der Waals surface area contributed by atoms with E-state index in [9.17, 15) is 9.90 Å². The molecular formula is C16H18NO3P. The number of carbonyl (C=O) groups excluding carboxylic acids is 1. The zero-order chi connectivity index (χ0) is 15.2. The molecule has 2 N–H and O–H groups in total. The molecule has 0 saturated heterocycles. The molecule has 5 heteroatoms. The zero-order valence-electron chi connectivity index (χ0n) is 11.7. The molecule has 21 heavy (non-hydrogen) atoms. The fourth-order valence-corrected chi connectivity index (χ4v) is 2.32. The summed E-state index contributed by atoms with van der Waals surface area (Å²) in [5.41, 5.74) is 1.61. The fraction of sp³-hybridized carbons (Fsp3) is 0.188. The topological polar surface area (TPSA) is 58.6 Å². The van der Waals surface area contributed by atoms with Gasteiger partial charge in [-0.2, -0.15) is 0 Å². The SMILES string of the molecule is COc1ccc(C(=O)[C@H](Cc2ccc(O)cc2)NP)cc1. The highest BCUT2D eigenvalue weighted by Crippen LogP contribution is 2.16. The maximum atomic E-state index is 12.5. The number of phenols is 1. The van der Waals surface area contributed by atoms with Gasteiger partial charge in [0, 0.05) is 5.56 Å². The highest BCUT2D eigenvalue weighted by atomic mass is 31.0. The molecule has 0 fully saturated rings. The molecule has 1 unspecified atom stereocenters. The third-order valence-electron chi connectivity index (χ3n) is 3.27. The Labute approximate surface area is 126 Å². The Kier molecular flexibility index (Phi) is 5.32. The first-order valence-electron chi connectivity index (χ1n) is 6.56. The van der Waals surface area contributed by atoms with Crippen LogP contribution in [0.5, 0.6) is 11.5 Å². The van der Waals surface area contributed by atoms with Crippen LogP contribution in [0.15, 0.2) is 48.5 Å². The minimum Gasteiger partial charge on any atom is -0.508 e. The van der Waals surface area contributed by atoms with Crippen LogP contribution in [0.25, 0.3) is 0 Å². The molecule has 0 radical (unpaired) electrons. The molecule has 0 aromatic heterocycles. The highest BCUT2D eigenvalue weighted by molar-refractivity contribution is 7.13. The highest BCUT2D eigenvalue weighted by Gasteiger charge is 2.18. The third kappa shape index (κ3) is 4.03. The van der Waals surface area contributed by atoms with Crippen molar-refractivity contribution in [2.45, 2.75) is 12.5 Å². The van der Waals surface area contributed by atoms with Crippen LogP contribution >= 0.6 is 9.39 Å². The van der Waals surface area contributed by atoms with Gasteiger partial charge in [0.25, 0.3) is 0 Å². The van der Waals surface area contributed by atoms with Crippen molar-refractivity contribution in [2.75, 3.05) is 7.11 Å². The maximum absolute atomic E-state index is 12.5. The van der Waals surface area contributed by atoms with Crippen molar-refractivity contribution in [1.29, 1.82) is 0 Å². The molecule has 2 atom stereocenters. The second-order valence-electron chi connectivity index (χ2n) is 4.68. The Morgan fingerprint density at radius 2 is 1.81 bits per heavy atom. The van der Waals surface area contributed by atoms with E-state index in [2.05, 4.69) is 14.5 Å². The van der Waals surface area contributed by atoms with E-state index in [1.54, 1.807) is 43.5 Å². The molecule has 0 aliphatic rings. The monoisotopic (exact) mass is 303 g/mol. The molecule has 0 heterocycles. The molecule has 2 aromatic rings. The van der Waals surface area contributed by atoms with E-state index < -0.39 is 0 Å². The van der Waals surface area contributed by atoms with Crippen molar-refractivity contribution in [1.82, 2.24) is 5.09 Å². The third-order valence-corrected chi connectivity index (χ3v) is 3.67. The summed E-state index contributed by atoms with van der Waals surface area (Å²) >= 11 is 0. The minimum atomic E-state index is -0.340. The van der Waals surface area contributed by atoms with Gasteiger partial charge in [-0.05, 0) is 48.4 Å². The number of hydrogen-bond acceptors (Lipinski definition) is 4. The average molecular weight is 303 g/mol. The van der Waals surface area contributed by atoms with Gasteiger partial charge in [0.1, 0.15) is 11.5 Å². The summed E-state index contributed by atoms with van der Waals surface area (Å²) in [4.78, 5) is 12.5. The second kappa shape index (κ2) is 7.21. The van der Waals surface area contributed by atoms with Gasteiger partial charge in [0.15, 0.2) is 5.78 Å². The molecule has 0 aliphatic heterocycles. The zero-order valence-corrected chi connectivity index (χ0v) is 12.9. The predicted octanol–water partition coefficient (Wildman–Crippen LogP) is 2.57. The van der Waals surface area contributed by atoms with Crippen molar-refractivity contribution in [3.63, 3.8) is 0 Å². The van der Waals surface area contributed by atoms with Crippen LogP contribution in [0.3, 0.4) is 0 Å². The average Bonchev–Trinajstić information content (AvgIpc) is 2.54. The number of phenolic OH excluding ortho intramolecular Hbond substituents is 1. The Morgan fingerprint density at radius 3 is 2.33 bits per heavy atom. The molecular weight excluding hydrogens is 285 g/mol. The summed E-state index contributed by atoms with van der Waals surface area (Å²) in [6, 6.07) is 13.6. The Morgan fingerprint density at radius 1 is 1.19 bits per heavy atom. The molecule has 4 nitrogen and oxygen atoms in total. The lowest BCUT2D eigenvalue weighted by atomic mass is 9.98. The first kappa shape index (κ1) is 15.5. The number of hydrogen-bond donors (Lipinski definition) is 2. The van der Waals surface area contributed by atoms with E-state index in [1.807, 2.05) is 12.1 Å². The van der Waals surface area contributed by atoms with Crippen LogP contribution in [-0.2, 0) is 6.42 Å². The summed E-state index contributed by atoms with van der Waals surface area (Å²) in [5.74, 6) is 0.955. The largest absolute Gasteiger partial charge is 0.508 e. The predicted molar refractivity (Wildman–Crippen MR) is 85.8 cm³/mol. The number of carbonyl (C=O) groups is 1. The maximum Gasteiger partial charge on any atom is 0.180 e. The molecule has 0 aliphatic carbocycles. The second-order valence-corrected chi connectivity index (χ2v) is 5.02. The van der Waals surface area contributed by atoms with Crippen LogP contribution in [0.2, 0.25) is 0 Å². The van der Waals surface area contributed by atoms with Crippen molar-refractivity contribution in [2.24, 2.45) is 0 Å². The van der Waals surface area contributed by atoms with Gasteiger partial charge >= 0.3 is 0 Å². The van der Waals surface area contributed by atoms with Crippen molar-refractivity contribution in [3.05, 3.63) is 59.7 Å². The summed E-state index contributed by atoms with van der Waals surface area (Å²) in [6.07, 6.45) is 0.550. The molecule has 2 aromatic carbocycles. The quantitative estimate of drug-likeness (QED) is 0.636. The van der Waals surface area contributed by atoms with Crippen LogP contribution < -0.4 is 9.82 Å². The first-order valence-corrected chi connectivity index (χ1v) is 7.14. The lowest BCUT2D eigenvalue weighted by Gasteiger charge is -2.15. The van der Waals surface area contributed by atoms with Crippen molar-refractivity contribution < 1.29 is 14.6 Å². The Balaban J connectivity index is 2.12. The smallest absolute Gasteiger partial charge is 0.180 e. The van der Waals surface area contributed by atoms with E-state index in [0.717, 1.165) is 11.3 Å². The van der Waals surface area contributed by atoms with Crippen LogP contribution in [0.1, 0.15) is 15.9 Å².